The number of aliphatic hydroxyl groups is 4. The van der Waals surface area contributed by atoms with Gasteiger partial charge in [-0.2, -0.15) is 0 Å². The molecular formula is C21H22O11. The topological polar surface area (TPSA) is 186 Å². The van der Waals surface area contributed by atoms with Crippen molar-refractivity contribution in [2.75, 3.05) is 0 Å². The third-order valence-corrected chi connectivity index (χ3v) is 5.50. The number of fused-ring (bicyclic) bond motifs is 1. The summed E-state index contributed by atoms with van der Waals surface area (Å²) in [5.74, 6) is -2.51. The fourth-order valence-corrected chi connectivity index (χ4v) is 3.68. The lowest BCUT2D eigenvalue weighted by atomic mass is 9.92. The fraction of sp³-hybridized carbons (Fsp3) is 0.381. The second kappa shape index (κ2) is 8.11. The maximum Gasteiger partial charge on any atom is 0.229 e. The van der Waals surface area contributed by atoms with Gasteiger partial charge in [-0.1, -0.05) is 6.07 Å². The average Bonchev–Trinajstić information content (AvgIpc) is 2.74. The molecule has 4 rings (SSSR count). The van der Waals surface area contributed by atoms with Gasteiger partial charge in [0.2, 0.25) is 12.1 Å². The van der Waals surface area contributed by atoms with E-state index in [1.54, 1.807) is 0 Å². The van der Waals surface area contributed by atoms with Gasteiger partial charge in [-0.3, -0.25) is 4.79 Å². The molecule has 0 aliphatic carbocycles. The first-order valence-corrected chi connectivity index (χ1v) is 9.72. The number of carbonyl (C=O) groups excluding carboxylic acids is 1. The van der Waals surface area contributed by atoms with Crippen molar-refractivity contribution >= 4 is 5.78 Å². The Kier molecular flexibility index (Phi) is 5.61. The Morgan fingerprint density at radius 3 is 2.28 bits per heavy atom. The van der Waals surface area contributed by atoms with Crippen molar-refractivity contribution in [3.05, 3.63) is 41.5 Å². The van der Waals surface area contributed by atoms with Gasteiger partial charge in [-0.05, 0) is 24.6 Å². The summed E-state index contributed by atoms with van der Waals surface area (Å²) in [6.07, 6.45) is -9.67. The number of hydrogen-bond acceptors (Lipinski definition) is 11. The summed E-state index contributed by atoms with van der Waals surface area (Å²) in [6, 6.07) is 5.92. The van der Waals surface area contributed by atoms with Gasteiger partial charge < -0.3 is 50.0 Å². The quantitative estimate of drug-likeness (QED) is 0.304. The van der Waals surface area contributed by atoms with E-state index in [4.69, 9.17) is 14.2 Å². The number of carbonyl (C=O) groups is 1. The lowest BCUT2D eigenvalue weighted by molar-refractivity contribution is -0.268. The first kappa shape index (κ1) is 22.1. The van der Waals surface area contributed by atoms with Crippen LogP contribution in [0.4, 0.5) is 0 Å². The van der Waals surface area contributed by atoms with Gasteiger partial charge in [0.05, 0.1) is 6.10 Å². The second-order valence-electron chi connectivity index (χ2n) is 7.71. The minimum atomic E-state index is -1.70. The number of ketones is 1. The van der Waals surface area contributed by atoms with Crippen LogP contribution in [0.15, 0.2) is 30.3 Å². The van der Waals surface area contributed by atoms with Crippen LogP contribution in [0.25, 0.3) is 0 Å². The lowest BCUT2D eigenvalue weighted by Gasteiger charge is -2.39. The number of hydrogen-bond donors (Lipinski definition) is 7. The second-order valence-corrected chi connectivity index (χ2v) is 7.71. The minimum Gasteiger partial charge on any atom is -0.507 e. The number of ether oxygens (including phenoxy) is 3. The van der Waals surface area contributed by atoms with E-state index in [1.165, 1.54) is 25.1 Å². The first-order valence-electron chi connectivity index (χ1n) is 9.72. The van der Waals surface area contributed by atoms with E-state index in [1.807, 2.05) is 0 Å². The normalized spacial score (nSPS) is 32.2. The third kappa shape index (κ3) is 3.70. The highest BCUT2D eigenvalue weighted by molar-refractivity contribution is 6.05. The Balaban J connectivity index is 1.64. The van der Waals surface area contributed by atoms with Gasteiger partial charge in [-0.25, -0.2) is 0 Å². The summed E-state index contributed by atoms with van der Waals surface area (Å²) >= 11 is 0. The van der Waals surface area contributed by atoms with E-state index >= 15 is 0 Å². The summed E-state index contributed by atoms with van der Waals surface area (Å²) < 4.78 is 16.6. The molecule has 2 aromatic rings. The highest BCUT2D eigenvalue weighted by Gasteiger charge is 2.44. The maximum atomic E-state index is 12.7. The molecule has 2 heterocycles. The standard InChI is InChI=1S/C21H22O11/c1-7-15(25)17(27)19(29)21(30-7)31-9-5-12(24)14-13(6-9)32-20(18(28)16(14)26)8-2-3-10(22)11(23)4-8/h2-7,15,17-25,27-29H,1H3/t7-,15-,17+,18+,19+,20-,21+/m0/s1. The molecule has 1 fully saturated rings. The molecule has 2 aliphatic rings. The number of aromatic hydroxyl groups is 3. The van der Waals surface area contributed by atoms with E-state index in [2.05, 4.69) is 0 Å². The molecule has 32 heavy (non-hydrogen) atoms. The third-order valence-electron chi connectivity index (χ3n) is 5.50. The van der Waals surface area contributed by atoms with Crippen LogP contribution in [0.1, 0.15) is 28.9 Å². The highest BCUT2D eigenvalue weighted by atomic mass is 16.7. The molecule has 0 bridgehead atoms. The number of phenols is 3. The molecular weight excluding hydrogens is 428 g/mol. The van der Waals surface area contributed by atoms with Gasteiger partial charge in [0, 0.05) is 12.1 Å². The first-order chi connectivity index (χ1) is 15.1. The number of Topliss-reactive ketones (excluding diaryl/α,β-unsaturated/α-hetero) is 1. The summed E-state index contributed by atoms with van der Waals surface area (Å²) in [5, 5.41) is 69.8. The number of aliphatic hydroxyl groups excluding tert-OH is 4. The van der Waals surface area contributed by atoms with E-state index in [-0.39, 0.29) is 22.6 Å². The van der Waals surface area contributed by atoms with Gasteiger partial charge in [0.25, 0.3) is 0 Å². The Hall–Kier alpha value is -3.09. The van der Waals surface area contributed by atoms with Crippen LogP contribution in [0.5, 0.6) is 28.7 Å². The molecule has 172 valence electrons. The van der Waals surface area contributed by atoms with Crippen molar-refractivity contribution in [1.29, 1.82) is 0 Å². The molecule has 0 amide bonds. The van der Waals surface area contributed by atoms with Gasteiger partial charge >= 0.3 is 0 Å². The Morgan fingerprint density at radius 2 is 1.59 bits per heavy atom. The number of benzene rings is 2. The molecule has 2 aromatic carbocycles. The summed E-state index contributed by atoms with van der Waals surface area (Å²) in [4.78, 5) is 12.7. The number of rotatable bonds is 3. The van der Waals surface area contributed by atoms with Crippen LogP contribution in [0.3, 0.4) is 0 Å². The van der Waals surface area contributed by atoms with Crippen molar-refractivity contribution in [2.24, 2.45) is 0 Å². The van der Waals surface area contributed by atoms with Gasteiger partial charge in [0.1, 0.15) is 41.1 Å². The van der Waals surface area contributed by atoms with E-state index < -0.39 is 65.9 Å². The van der Waals surface area contributed by atoms with Crippen molar-refractivity contribution < 1.29 is 54.8 Å². The average molecular weight is 450 g/mol. The zero-order chi connectivity index (χ0) is 23.3. The Labute approximate surface area is 181 Å². The summed E-state index contributed by atoms with van der Waals surface area (Å²) in [5.41, 5.74) is -0.104. The minimum absolute atomic E-state index is 0.0856. The van der Waals surface area contributed by atoms with E-state index in [9.17, 15) is 40.5 Å². The highest BCUT2D eigenvalue weighted by Crippen LogP contribution is 2.43. The summed E-state index contributed by atoms with van der Waals surface area (Å²) in [7, 11) is 0. The van der Waals surface area contributed by atoms with Crippen LogP contribution in [-0.2, 0) is 4.74 Å². The zero-order valence-corrected chi connectivity index (χ0v) is 16.7. The van der Waals surface area contributed by atoms with Crippen LogP contribution >= 0.6 is 0 Å². The van der Waals surface area contributed by atoms with Crippen molar-refractivity contribution in [3.63, 3.8) is 0 Å². The molecule has 0 aromatic heterocycles. The Bertz CT molecular complexity index is 1040. The molecule has 11 heteroatoms. The SMILES string of the molecule is C[C@@H]1O[C@H](Oc2cc(O)c3c(c2)O[C@@H](c2ccc(O)c(O)c2)[C@H](O)C3=O)[C@H](O)[C@H](O)[C@H]1O. The van der Waals surface area contributed by atoms with Crippen LogP contribution < -0.4 is 9.47 Å². The fourth-order valence-electron chi connectivity index (χ4n) is 3.68. The lowest BCUT2D eigenvalue weighted by Crippen LogP contribution is -2.58. The number of phenolic OH excluding ortho intramolecular Hbond substituents is 3. The molecule has 0 saturated carbocycles. The van der Waals surface area contributed by atoms with Crippen LogP contribution in [-0.4, -0.2) is 78.3 Å². The molecule has 7 N–H and O–H groups in total. The molecule has 0 radical (unpaired) electrons. The monoisotopic (exact) mass is 450 g/mol. The smallest absolute Gasteiger partial charge is 0.229 e. The zero-order valence-electron chi connectivity index (χ0n) is 16.7. The largest absolute Gasteiger partial charge is 0.507 e. The molecule has 2 aliphatic heterocycles. The summed E-state index contributed by atoms with van der Waals surface area (Å²) in [6.45, 7) is 1.47. The molecule has 0 unspecified atom stereocenters. The van der Waals surface area contributed by atoms with Crippen LogP contribution in [0, 0.1) is 0 Å². The van der Waals surface area contributed by atoms with Crippen LogP contribution in [0.2, 0.25) is 0 Å². The van der Waals surface area contributed by atoms with Gasteiger partial charge in [-0.15, -0.1) is 0 Å². The predicted molar refractivity (Wildman–Crippen MR) is 105 cm³/mol. The van der Waals surface area contributed by atoms with Crippen molar-refractivity contribution in [2.45, 2.75) is 49.8 Å². The predicted octanol–water partition coefficient (Wildman–Crippen LogP) is -0.313. The van der Waals surface area contributed by atoms with E-state index in [0.717, 1.165) is 12.1 Å². The van der Waals surface area contributed by atoms with Crippen molar-refractivity contribution in [3.8, 4) is 28.7 Å². The van der Waals surface area contributed by atoms with Crippen molar-refractivity contribution in [1.82, 2.24) is 0 Å². The molecule has 11 nitrogen and oxygen atoms in total. The maximum absolute atomic E-state index is 12.7. The molecule has 0 spiro atoms. The molecule has 7 atom stereocenters. The van der Waals surface area contributed by atoms with Gasteiger partial charge in [0.15, 0.2) is 23.7 Å². The Morgan fingerprint density at radius 1 is 0.875 bits per heavy atom. The van der Waals surface area contributed by atoms with E-state index in [0.29, 0.717) is 0 Å². The molecule has 1 saturated heterocycles.